The number of carboxylic acid groups (broad SMARTS) is 1. The Balaban J connectivity index is 1.87. The Bertz CT molecular complexity index is 554. The van der Waals surface area contributed by atoms with E-state index in [1.807, 2.05) is 13.8 Å². The van der Waals surface area contributed by atoms with Crippen molar-refractivity contribution in [3.8, 4) is 0 Å². The number of hydrogen-bond acceptors (Lipinski definition) is 5. The maximum atomic E-state index is 12.5. The van der Waals surface area contributed by atoms with Gasteiger partial charge in [0.1, 0.15) is 12.1 Å². The van der Waals surface area contributed by atoms with Crippen molar-refractivity contribution < 1.29 is 24.3 Å². The molecule has 3 N–H and O–H groups in total. The van der Waals surface area contributed by atoms with Crippen LogP contribution >= 0.6 is 11.8 Å². The van der Waals surface area contributed by atoms with Crippen LogP contribution in [-0.2, 0) is 19.2 Å². The van der Waals surface area contributed by atoms with Crippen LogP contribution in [0.5, 0.6) is 0 Å². The van der Waals surface area contributed by atoms with Gasteiger partial charge in [-0.05, 0) is 25.2 Å². The molecule has 8 nitrogen and oxygen atoms in total. The zero-order valence-electron chi connectivity index (χ0n) is 14.5. The number of nitrogens with zero attached hydrogens (tertiary/aromatic N) is 1. The van der Waals surface area contributed by atoms with Crippen LogP contribution in [0, 0.1) is 5.92 Å². The number of hydrogen-bond donors (Lipinski definition) is 3. The predicted octanol–water partition coefficient (Wildman–Crippen LogP) is -0.175. The van der Waals surface area contributed by atoms with Crippen molar-refractivity contribution in [3.05, 3.63) is 0 Å². The van der Waals surface area contributed by atoms with E-state index in [0.717, 1.165) is 11.8 Å². The predicted molar refractivity (Wildman–Crippen MR) is 93.0 cm³/mol. The van der Waals surface area contributed by atoms with E-state index in [-0.39, 0.29) is 35.3 Å². The van der Waals surface area contributed by atoms with Crippen molar-refractivity contribution in [2.75, 3.05) is 18.1 Å². The van der Waals surface area contributed by atoms with Crippen molar-refractivity contribution in [2.45, 2.75) is 51.2 Å². The summed E-state index contributed by atoms with van der Waals surface area (Å²) in [5.41, 5.74) is 0. The van der Waals surface area contributed by atoms with E-state index >= 15 is 0 Å². The zero-order chi connectivity index (χ0) is 18.6. The van der Waals surface area contributed by atoms with Crippen LogP contribution in [0.15, 0.2) is 0 Å². The lowest BCUT2D eigenvalue weighted by atomic mass is 9.91. The number of amides is 3. The third-order valence-corrected chi connectivity index (χ3v) is 5.25. The quantitative estimate of drug-likeness (QED) is 0.572. The van der Waals surface area contributed by atoms with Crippen LogP contribution in [-0.4, -0.2) is 69.9 Å². The minimum atomic E-state index is -0.959. The standard InChI is InChI=1S/C16H25N3O5S/c1-9(2)5-11-16(24)19-4-3-10(6-12(19)15(23)18-11)17-13(20)7-25-8-14(21)22/h9-12H,3-8H2,1-2H3,(H,17,20)(H,18,23)(H,21,22). The van der Waals surface area contributed by atoms with Crippen molar-refractivity contribution >= 4 is 35.5 Å². The van der Waals surface area contributed by atoms with E-state index in [9.17, 15) is 19.2 Å². The van der Waals surface area contributed by atoms with Crippen LogP contribution < -0.4 is 10.6 Å². The molecule has 0 radical (unpaired) electrons. The molecule has 0 spiro atoms. The molecular weight excluding hydrogens is 346 g/mol. The summed E-state index contributed by atoms with van der Waals surface area (Å²) in [6.07, 6.45) is 1.61. The molecule has 2 aliphatic rings. The molecule has 0 saturated carbocycles. The molecule has 2 heterocycles. The maximum absolute atomic E-state index is 12.5. The Kier molecular flexibility index (Phi) is 6.69. The SMILES string of the molecule is CC(C)CC1NC(=O)C2CC(NC(=O)CSCC(=O)O)CCN2C1=O. The number of carbonyl (C=O) groups is 4. The highest BCUT2D eigenvalue weighted by Crippen LogP contribution is 2.24. The van der Waals surface area contributed by atoms with Gasteiger partial charge in [-0.15, -0.1) is 11.8 Å². The van der Waals surface area contributed by atoms with Crippen molar-refractivity contribution in [3.63, 3.8) is 0 Å². The number of nitrogens with one attached hydrogen (secondary N) is 2. The summed E-state index contributed by atoms with van der Waals surface area (Å²) in [7, 11) is 0. The molecule has 0 aromatic rings. The minimum absolute atomic E-state index is 0.0416. The second-order valence-electron chi connectivity index (χ2n) is 6.91. The first kappa shape index (κ1) is 19.6. The lowest BCUT2D eigenvalue weighted by Crippen LogP contribution is -2.67. The van der Waals surface area contributed by atoms with Crippen LogP contribution in [0.3, 0.4) is 0 Å². The Labute approximate surface area is 151 Å². The minimum Gasteiger partial charge on any atom is -0.481 e. The van der Waals surface area contributed by atoms with Gasteiger partial charge in [-0.25, -0.2) is 0 Å². The normalized spacial score (nSPS) is 26.2. The monoisotopic (exact) mass is 371 g/mol. The van der Waals surface area contributed by atoms with Crippen LogP contribution in [0.2, 0.25) is 0 Å². The Morgan fingerprint density at radius 2 is 2.08 bits per heavy atom. The Morgan fingerprint density at radius 3 is 2.72 bits per heavy atom. The van der Waals surface area contributed by atoms with E-state index in [1.54, 1.807) is 4.90 Å². The average molecular weight is 371 g/mol. The van der Waals surface area contributed by atoms with Gasteiger partial charge < -0.3 is 20.6 Å². The number of carbonyl (C=O) groups excluding carboxylic acids is 3. The van der Waals surface area contributed by atoms with Gasteiger partial charge >= 0.3 is 5.97 Å². The molecule has 9 heteroatoms. The summed E-state index contributed by atoms with van der Waals surface area (Å²) in [5.74, 6) is -1.15. The summed E-state index contributed by atoms with van der Waals surface area (Å²) in [6.45, 7) is 4.46. The van der Waals surface area contributed by atoms with E-state index in [0.29, 0.717) is 31.7 Å². The molecular formula is C16H25N3O5S. The Morgan fingerprint density at radius 1 is 1.36 bits per heavy atom. The molecule has 0 bridgehead atoms. The summed E-state index contributed by atoms with van der Waals surface area (Å²) in [5, 5.41) is 14.2. The van der Waals surface area contributed by atoms with Gasteiger partial charge in [0.2, 0.25) is 17.7 Å². The fourth-order valence-corrected chi connectivity index (χ4v) is 3.82. The Hall–Kier alpha value is -1.77. The van der Waals surface area contributed by atoms with Crippen LogP contribution in [0.1, 0.15) is 33.1 Å². The first-order chi connectivity index (χ1) is 11.8. The maximum Gasteiger partial charge on any atom is 0.313 e. The second kappa shape index (κ2) is 8.55. The molecule has 3 atom stereocenters. The molecule has 2 rings (SSSR count). The second-order valence-corrected chi connectivity index (χ2v) is 7.90. The lowest BCUT2D eigenvalue weighted by molar-refractivity contribution is -0.152. The van der Waals surface area contributed by atoms with Crippen molar-refractivity contribution in [2.24, 2.45) is 5.92 Å². The first-order valence-electron chi connectivity index (χ1n) is 8.47. The van der Waals surface area contributed by atoms with Gasteiger partial charge in [-0.1, -0.05) is 13.8 Å². The van der Waals surface area contributed by atoms with Gasteiger partial charge in [-0.3, -0.25) is 19.2 Å². The molecule has 0 aliphatic carbocycles. The number of fused-ring (bicyclic) bond motifs is 1. The molecule has 140 valence electrons. The average Bonchev–Trinajstić information content (AvgIpc) is 2.51. The van der Waals surface area contributed by atoms with Gasteiger partial charge in [0, 0.05) is 12.6 Å². The van der Waals surface area contributed by atoms with E-state index in [2.05, 4.69) is 10.6 Å². The first-order valence-corrected chi connectivity index (χ1v) is 9.63. The molecule has 2 aliphatic heterocycles. The third-order valence-electron chi connectivity index (χ3n) is 4.33. The fourth-order valence-electron chi connectivity index (χ4n) is 3.27. The molecule has 0 aromatic heterocycles. The van der Waals surface area contributed by atoms with Crippen molar-refractivity contribution in [1.29, 1.82) is 0 Å². The highest BCUT2D eigenvalue weighted by Gasteiger charge is 2.43. The zero-order valence-corrected chi connectivity index (χ0v) is 15.3. The molecule has 3 unspecified atom stereocenters. The molecule has 25 heavy (non-hydrogen) atoms. The van der Waals surface area contributed by atoms with Gasteiger partial charge in [0.05, 0.1) is 11.5 Å². The summed E-state index contributed by atoms with van der Waals surface area (Å²) < 4.78 is 0. The third kappa shape index (κ3) is 5.35. The topological polar surface area (TPSA) is 116 Å². The van der Waals surface area contributed by atoms with E-state index in [1.165, 1.54) is 0 Å². The van der Waals surface area contributed by atoms with Gasteiger partial charge in [0.25, 0.3) is 0 Å². The summed E-state index contributed by atoms with van der Waals surface area (Å²) >= 11 is 1.03. The van der Waals surface area contributed by atoms with Crippen LogP contribution in [0.4, 0.5) is 0 Å². The summed E-state index contributed by atoms with van der Waals surface area (Å²) in [4.78, 5) is 48.8. The van der Waals surface area contributed by atoms with E-state index < -0.39 is 18.1 Å². The highest BCUT2D eigenvalue weighted by atomic mass is 32.2. The highest BCUT2D eigenvalue weighted by molar-refractivity contribution is 8.00. The molecule has 2 saturated heterocycles. The fraction of sp³-hybridized carbons (Fsp3) is 0.750. The van der Waals surface area contributed by atoms with Crippen LogP contribution in [0.25, 0.3) is 0 Å². The lowest BCUT2D eigenvalue weighted by Gasteiger charge is -2.44. The number of thioether (sulfide) groups is 1. The number of piperidine rings is 1. The molecule has 2 fully saturated rings. The van der Waals surface area contributed by atoms with Gasteiger partial charge in [0.15, 0.2) is 0 Å². The van der Waals surface area contributed by atoms with Crippen molar-refractivity contribution in [1.82, 2.24) is 15.5 Å². The van der Waals surface area contributed by atoms with E-state index in [4.69, 9.17) is 5.11 Å². The smallest absolute Gasteiger partial charge is 0.313 e. The number of rotatable bonds is 7. The summed E-state index contributed by atoms with van der Waals surface area (Å²) in [6, 6.07) is -1.18. The number of aliphatic carboxylic acids is 1. The molecule has 3 amide bonds. The molecule has 0 aromatic carbocycles. The largest absolute Gasteiger partial charge is 0.481 e. The number of piperazine rings is 1. The number of carboxylic acids is 1. The van der Waals surface area contributed by atoms with Gasteiger partial charge in [-0.2, -0.15) is 0 Å².